The van der Waals surface area contributed by atoms with Crippen molar-refractivity contribution in [2.75, 3.05) is 5.75 Å². The van der Waals surface area contributed by atoms with Crippen molar-refractivity contribution in [3.63, 3.8) is 0 Å². The molecule has 8 heteroatoms. The van der Waals surface area contributed by atoms with Crippen molar-refractivity contribution in [3.05, 3.63) is 65.2 Å². The number of amides is 1. The highest BCUT2D eigenvalue weighted by molar-refractivity contribution is 7.91. The van der Waals surface area contributed by atoms with Crippen LogP contribution in [0.3, 0.4) is 0 Å². The molecule has 1 aliphatic rings. The number of alkyl halides is 3. The lowest BCUT2D eigenvalue weighted by molar-refractivity contribution is -0.137. The highest BCUT2D eigenvalue weighted by atomic mass is 32.2. The highest BCUT2D eigenvalue weighted by Gasteiger charge is 2.31. The molecular formula is C21H22F3NO3S. The summed E-state index contributed by atoms with van der Waals surface area (Å²) in [7, 11) is -3.90. The minimum absolute atomic E-state index is 0.00312. The van der Waals surface area contributed by atoms with Crippen molar-refractivity contribution >= 4 is 15.7 Å². The SMILES string of the molecule is O=C(CCCS(=O)(=O)c1cccc(C(F)(F)F)c1)NC1CCCc2ccccc21. The van der Waals surface area contributed by atoms with Gasteiger partial charge in [0.2, 0.25) is 5.91 Å². The molecule has 1 N–H and O–H groups in total. The Bertz CT molecular complexity index is 987. The average molecular weight is 425 g/mol. The van der Waals surface area contributed by atoms with E-state index in [9.17, 15) is 26.4 Å². The van der Waals surface area contributed by atoms with E-state index in [1.807, 2.05) is 24.3 Å². The van der Waals surface area contributed by atoms with Crippen molar-refractivity contribution in [2.24, 2.45) is 0 Å². The normalized spacial score (nSPS) is 16.9. The zero-order valence-electron chi connectivity index (χ0n) is 15.7. The molecule has 0 aliphatic heterocycles. The van der Waals surface area contributed by atoms with Gasteiger partial charge in [-0.25, -0.2) is 8.42 Å². The molecule has 0 radical (unpaired) electrons. The minimum atomic E-state index is -4.61. The van der Waals surface area contributed by atoms with E-state index in [2.05, 4.69) is 5.32 Å². The lowest BCUT2D eigenvalue weighted by Crippen LogP contribution is -2.31. The van der Waals surface area contributed by atoms with Crippen LogP contribution in [-0.4, -0.2) is 20.1 Å². The van der Waals surface area contributed by atoms with Gasteiger partial charge in [0.15, 0.2) is 9.84 Å². The number of carbonyl (C=O) groups is 1. The van der Waals surface area contributed by atoms with Gasteiger partial charge in [0, 0.05) is 6.42 Å². The van der Waals surface area contributed by atoms with Gasteiger partial charge in [0.25, 0.3) is 0 Å². The fourth-order valence-corrected chi connectivity index (χ4v) is 4.93. The van der Waals surface area contributed by atoms with E-state index in [4.69, 9.17) is 0 Å². The maximum Gasteiger partial charge on any atom is 0.416 e. The fraction of sp³-hybridized carbons (Fsp3) is 0.381. The summed E-state index contributed by atoms with van der Waals surface area (Å²) in [4.78, 5) is 11.9. The largest absolute Gasteiger partial charge is 0.416 e. The third kappa shape index (κ3) is 5.38. The molecule has 0 bridgehead atoms. The number of aryl methyl sites for hydroxylation is 1. The van der Waals surface area contributed by atoms with Gasteiger partial charge < -0.3 is 5.32 Å². The molecular weight excluding hydrogens is 403 g/mol. The second kappa shape index (κ2) is 8.57. The summed E-state index contributed by atoms with van der Waals surface area (Å²) in [6, 6.07) is 11.5. The van der Waals surface area contributed by atoms with E-state index in [1.54, 1.807) is 0 Å². The topological polar surface area (TPSA) is 63.2 Å². The molecule has 1 unspecified atom stereocenters. The smallest absolute Gasteiger partial charge is 0.349 e. The molecule has 0 fully saturated rings. The van der Waals surface area contributed by atoms with Crippen molar-refractivity contribution in [2.45, 2.75) is 49.2 Å². The number of sulfone groups is 1. The Kier molecular flexibility index (Phi) is 6.31. The van der Waals surface area contributed by atoms with Crippen LogP contribution in [0.4, 0.5) is 13.2 Å². The number of benzene rings is 2. The zero-order valence-corrected chi connectivity index (χ0v) is 16.5. The Hall–Kier alpha value is -2.35. The van der Waals surface area contributed by atoms with Crippen molar-refractivity contribution < 1.29 is 26.4 Å². The minimum Gasteiger partial charge on any atom is -0.349 e. The van der Waals surface area contributed by atoms with Crippen LogP contribution in [0.1, 0.15) is 48.4 Å². The summed E-state index contributed by atoms with van der Waals surface area (Å²) >= 11 is 0. The monoisotopic (exact) mass is 425 g/mol. The molecule has 0 spiro atoms. The van der Waals surface area contributed by atoms with E-state index >= 15 is 0 Å². The summed E-state index contributed by atoms with van der Waals surface area (Å²) in [5, 5.41) is 2.95. The maximum atomic E-state index is 12.8. The van der Waals surface area contributed by atoms with E-state index in [1.165, 1.54) is 5.56 Å². The number of hydrogen-bond acceptors (Lipinski definition) is 3. The van der Waals surface area contributed by atoms with Gasteiger partial charge in [-0.2, -0.15) is 13.2 Å². The Morgan fingerprint density at radius 1 is 1.10 bits per heavy atom. The van der Waals surface area contributed by atoms with Crippen LogP contribution in [0.5, 0.6) is 0 Å². The quantitative estimate of drug-likeness (QED) is 0.744. The summed E-state index contributed by atoms with van der Waals surface area (Å²) in [6.45, 7) is 0. The molecule has 0 aromatic heterocycles. The van der Waals surface area contributed by atoms with Crippen LogP contribution in [0.2, 0.25) is 0 Å². The molecule has 1 atom stereocenters. The van der Waals surface area contributed by atoms with Crippen LogP contribution in [0.25, 0.3) is 0 Å². The van der Waals surface area contributed by atoms with Gasteiger partial charge in [0.1, 0.15) is 0 Å². The predicted octanol–water partition coefficient (Wildman–Crippen LogP) is 4.45. The first-order valence-electron chi connectivity index (χ1n) is 9.44. The third-order valence-electron chi connectivity index (χ3n) is 5.04. The van der Waals surface area contributed by atoms with Crippen LogP contribution in [-0.2, 0) is 27.2 Å². The van der Waals surface area contributed by atoms with Crippen LogP contribution >= 0.6 is 0 Å². The molecule has 0 heterocycles. The Morgan fingerprint density at radius 2 is 1.86 bits per heavy atom. The summed E-state index contributed by atoms with van der Waals surface area (Å²) in [5.74, 6) is -0.644. The van der Waals surface area contributed by atoms with Crippen LogP contribution < -0.4 is 5.32 Å². The molecule has 29 heavy (non-hydrogen) atoms. The molecule has 4 nitrogen and oxygen atoms in total. The maximum absolute atomic E-state index is 12.8. The first kappa shape index (κ1) is 21.4. The molecule has 156 valence electrons. The zero-order chi connectivity index (χ0) is 21.1. The Morgan fingerprint density at radius 3 is 2.62 bits per heavy atom. The third-order valence-corrected chi connectivity index (χ3v) is 6.84. The predicted molar refractivity (Wildman–Crippen MR) is 103 cm³/mol. The van der Waals surface area contributed by atoms with Crippen LogP contribution in [0.15, 0.2) is 53.4 Å². The van der Waals surface area contributed by atoms with Gasteiger partial charge >= 0.3 is 6.18 Å². The molecule has 0 saturated carbocycles. The summed E-state index contributed by atoms with van der Waals surface area (Å²) in [5.41, 5.74) is 1.28. The molecule has 1 aliphatic carbocycles. The second-order valence-corrected chi connectivity index (χ2v) is 9.27. The standard InChI is InChI=1S/C21H22F3NO3S/c22-21(23,24)16-8-4-9-17(14-16)29(27,28)13-5-12-20(26)25-19-11-3-7-15-6-1-2-10-18(15)19/h1-2,4,6,8-10,14,19H,3,5,7,11-13H2,(H,25,26). The van der Waals surface area contributed by atoms with Gasteiger partial charge in [-0.3, -0.25) is 4.79 Å². The first-order chi connectivity index (χ1) is 13.7. The number of hydrogen-bond donors (Lipinski definition) is 1. The first-order valence-corrected chi connectivity index (χ1v) is 11.1. The lowest BCUT2D eigenvalue weighted by atomic mass is 9.87. The highest BCUT2D eigenvalue weighted by Crippen LogP contribution is 2.31. The molecule has 2 aromatic carbocycles. The van der Waals surface area contributed by atoms with E-state index in [0.29, 0.717) is 6.07 Å². The van der Waals surface area contributed by atoms with Crippen molar-refractivity contribution in [1.29, 1.82) is 0 Å². The van der Waals surface area contributed by atoms with Gasteiger partial charge in [-0.1, -0.05) is 30.3 Å². The van der Waals surface area contributed by atoms with E-state index in [-0.39, 0.29) is 35.4 Å². The Labute approximate surface area is 168 Å². The number of halogens is 3. The van der Waals surface area contributed by atoms with Crippen LogP contribution in [0, 0.1) is 0 Å². The number of carbonyl (C=O) groups excluding carboxylic acids is 1. The summed E-state index contributed by atoms with van der Waals surface area (Å²) < 4.78 is 63.1. The van der Waals surface area contributed by atoms with E-state index in [0.717, 1.165) is 43.0 Å². The Balaban J connectivity index is 1.57. The van der Waals surface area contributed by atoms with E-state index < -0.39 is 21.6 Å². The molecule has 3 rings (SSSR count). The van der Waals surface area contributed by atoms with Crippen molar-refractivity contribution in [3.8, 4) is 0 Å². The molecule has 2 aromatic rings. The second-order valence-electron chi connectivity index (χ2n) is 7.16. The number of nitrogens with one attached hydrogen (secondary N) is 1. The van der Waals surface area contributed by atoms with Crippen molar-refractivity contribution in [1.82, 2.24) is 5.32 Å². The molecule has 1 amide bonds. The van der Waals surface area contributed by atoms with Gasteiger partial charge in [0.05, 0.1) is 22.3 Å². The number of fused-ring (bicyclic) bond motifs is 1. The van der Waals surface area contributed by atoms with Gasteiger partial charge in [-0.05, 0) is 55.0 Å². The lowest BCUT2D eigenvalue weighted by Gasteiger charge is -2.26. The fourth-order valence-electron chi connectivity index (χ4n) is 3.58. The average Bonchev–Trinajstić information content (AvgIpc) is 2.67. The van der Waals surface area contributed by atoms with Gasteiger partial charge in [-0.15, -0.1) is 0 Å². The number of rotatable bonds is 6. The summed E-state index contributed by atoms with van der Waals surface area (Å²) in [6.07, 6.45) is -1.81. The molecule has 0 saturated heterocycles.